The number of nitrogens with zero attached hydrogens (tertiary/aromatic N) is 4. The number of pyridine rings is 1. The summed E-state index contributed by atoms with van der Waals surface area (Å²) in [6.45, 7) is 1.84. The number of ether oxygens (including phenoxy) is 1. The Morgan fingerprint density at radius 3 is 2.89 bits per heavy atom. The Bertz CT molecular complexity index is 1250. The number of nitro benzene ring substituents is 1. The van der Waals surface area contributed by atoms with Crippen LogP contribution in [-0.2, 0) is 12.8 Å². The maximum absolute atomic E-state index is 11.3. The van der Waals surface area contributed by atoms with Gasteiger partial charge in [0.2, 0.25) is 5.88 Å². The molecule has 0 atom stereocenters. The molecule has 0 bridgehead atoms. The van der Waals surface area contributed by atoms with E-state index in [1.807, 2.05) is 6.92 Å². The molecule has 1 aliphatic carbocycles. The molecule has 0 radical (unpaired) electrons. The maximum Gasteiger partial charge on any atom is 0.279 e. The Morgan fingerprint density at radius 1 is 1.18 bits per heavy atom. The van der Waals surface area contributed by atoms with Crippen molar-refractivity contribution in [1.82, 2.24) is 15.0 Å². The van der Waals surface area contributed by atoms with Crippen molar-refractivity contribution in [3.05, 3.63) is 56.8 Å². The predicted octanol–water partition coefficient (Wildman–Crippen LogP) is 5.13. The molecular formula is C20H16N4O3S. The number of nitro groups is 1. The van der Waals surface area contributed by atoms with Crippen LogP contribution in [0.5, 0.6) is 11.6 Å². The van der Waals surface area contributed by atoms with Gasteiger partial charge in [-0.15, -0.1) is 11.3 Å². The Kier molecular flexibility index (Phi) is 3.94. The van der Waals surface area contributed by atoms with E-state index in [2.05, 4.69) is 15.0 Å². The van der Waals surface area contributed by atoms with Crippen LogP contribution in [-0.4, -0.2) is 19.9 Å². The number of benzene rings is 1. The largest absolute Gasteiger partial charge is 0.436 e. The highest BCUT2D eigenvalue weighted by Gasteiger charge is 2.23. The van der Waals surface area contributed by atoms with Gasteiger partial charge in [0.05, 0.1) is 15.7 Å². The van der Waals surface area contributed by atoms with E-state index in [0.29, 0.717) is 28.4 Å². The molecule has 5 rings (SSSR count). The lowest BCUT2D eigenvalue weighted by Crippen LogP contribution is -2.01. The molecule has 7 nitrogen and oxygen atoms in total. The number of aromatic nitrogens is 3. The first-order chi connectivity index (χ1) is 13.6. The number of non-ortho nitro benzene ring substituents is 1. The van der Waals surface area contributed by atoms with Gasteiger partial charge < -0.3 is 4.74 Å². The normalized spacial score (nSPS) is 13.6. The molecule has 3 heterocycles. The minimum Gasteiger partial charge on any atom is -0.436 e. The highest BCUT2D eigenvalue weighted by molar-refractivity contribution is 7.18. The minimum atomic E-state index is -0.407. The molecule has 0 saturated heterocycles. The zero-order valence-electron chi connectivity index (χ0n) is 15.1. The van der Waals surface area contributed by atoms with Crippen LogP contribution < -0.4 is 4.74 Å². The molecule has 140 valence electrons. The fourth-order valence-corrected chi connectivity index (χ4v) is 5.07. The molecule has 1 aromatic carbocycles. The number of hydrogen-bond donors (Lipinski definition) is 0. The van der Waals surface area contributed by atoms with E-state index in [1.54, 1.807) is 35.7 Å². The molecule has 1 aliphatic rings. The third kappa shape index (κ3) is 2.68. The monoisotopic (exact) mass is 392 g/mol. The number of fused-ring (bicyclic) bond motifs is 4. The lowest BCUT2D eigenvalue weighted by Gasteiger charge is -2.13. The van der Waals surface area contributed by atoms with Crippen LogP contribution in [0.2, 0.25) is 0 Å². The van der Waals surface area contributed by atoms with Crippen LogP contribution in [0.3, 0.4) is 0 Å². The summed E-state index contributed by atoms with van der Waals surface area (Å²) in [5, 5.41) is 12.8. The average Bonchev–Trinajstić information content (AvgIpc) is 3.06. The number of aryl methyl sites for hydroxylation is 3. The Balaban J connectivity index is 1.70. The summed E-state index contributed by atoms with van der Waals surface area (Å²) in [6.07, 6.45) is 6.01. The number of rotatable bonds is 3. The lowest BCUT2D eigenvalue weighted by atomic mass is 9.97. The van der Waals surface area contributed by atoms with Gasteiger partial charge >= 0.3 is 0 Å². The van der Waals surface area contributed by atoms with E-state index in [-0.39, 0.29) is 5.69 Å². The average molecular weight is 392 g/mol. The molecule has 0 N–H and O–H groups in total. The van der Waals surface area contributed by atoms with Crippen LogP contribution in [0.25, 0.3) is 21.1 Å². The highest BCUT2D eigenvalue weighted by Crippen LogP contribution is 2.42. The van der Waals surface area contributed by atoms with Crippen molar-refractivity contribution in [2.45, 2.75) is 32.6 Å². The molecule has 0 fully saturated rings. The van der Waals surface area contributed by atoms with Crippen molar-refractivity contribution in [3.8, 4) is 11.6 Å². The van der Waals surface area contributed by atoms with Gasteiger partial charge in [0.15, 0.2) is 5.75 Å². The summed E-state index contributed by atoms with van der Waals surface area (Å²) in [6, 6.07) is 6.41. The molecule has 3 aromatic heterocycles. The summed E-state index contributed by atoms with van der Waals surface area (Å²) >= 11 is 1.71. The molecule has 0 amide bonds. The summed E-state index contributed by atoms with van der Waals surface area (Å²) in [7, 11) is 0. The molecule has 0 saturated carbocycles. The summed E-state index contributed by atoms with van der Waals surface area (Å²) in [5.41, 5.74) is 1.73. The standard InChI is InChI=1S/C20H16N4O3S/c1-11-22-19(17-13-5-2-3-7-16(13)28-20(17)23-11)27-15-9-8-14(24(25)26)12-6-4-10-21-18(12)15/h4,6,8-10H,2-3,5,7H2,1H3. The molecule has 0 aliphatic heterocycles. The van der Waals surface area contributed by atoms with Gasteiger partial charge in [-0.1, -0.05) is 0 Å². The van der Waals surface area contributed by atoms with Crippen molar-refractivity contribution >= 4 is 38.1 Å². The Morgan fingerprint density at radius 2 is 2.04 bits per heavy atom. The van der Waals surface area contributed by atoms with E-state index >= 15 is 0 Å². The van der Waals surface area contributed by atoms with Gasteiger partial charge in [0.1, 0.15) is 16.2 Å². The summed E-state index contributed by atoms with van der Waals surface area (Å²) < 4.78 is 6.22. The van der Waals surface area contributed by atoms with Gasteiger partial charge in [0, 0.05) is 17.1 Å². The zero-order chi connectivity index (χ0) is 19.3. The van der Waals surface area contributed by atoms with Crippen molar-refractivity contribution in [2.75, 3.05) is 0 Å². The van der Waals surface area contributed by atoms with E-state index in [4.69, 9.17) is 4.74 Å². The third-order valence-electron chi connectivity index (χ3n) is 5.01. The van der Waals surface area contributed by atoms with Crippen molar-refractivity contribution in [3.63, 3.8) is 0 Å². The lowest BCUT2D eigenvalue weighted by molar-refractivity contribution is -0.383. The van der Waals surface area contributed by atoms with E-state index in [1.165, 1.54) is 22.9 Å². The van der Waals surface area contributed by atoms with Gasteiger partial charge in [-0.2, -0.15) is 4.98 Å². The van der Waals surface area contributed by atoms with Crippen molar-refractivity contribution < 1.29 is 9.66 Å². The Hall–Kier alpha value is -3.13. The van der Waals surface area contributed by atoms with E-state index in [9.17, 15) is 10.1 Å². The van der Waals surface area contributed by atoms with Crippen LogP contribution >= 0.6 is 11.3 Å². The van der Waals surface area contributed by atoms with Crippen molar-refractivity contribution in [2.24, 2.45) is 0 Å². The second-order valence-corrected chi connectivity index (χ2v) is 7.89. The van der Waals surface area contributed by atoms with Gasteiger partial charge in [0.25, 0.3) is 5.69 Å². The molecule has 0 spiro atoms. The Labute approximate surface area is 164 Å². The molecule has 0 unspecified atom stereocenters. The van der Waals surface area contributed by atoms with Crippen molar-refractivity contribution in [1.29, 1.82) is 0 Å². The van der Waals surface area contributed by atoms with E-state index in [0.717, 1.165) is 29.5 Å². The van der Waals surface area contributed by atoms with Gasteiger partial charge in [-0.3, -0.25) is 15.1 Å². The quantitative estimate of drug-likeness (QED) is 0.355. The molecule has 28 heavy (non-hydrogen) atoms. The second-order valence-electron chi connectivity index (χ2n) is 6.81. The van der Waals surface area contributed by atoms with Crippen LogP contribution in [0.15, 0.2) is 30.5 Å². The van der Waals surface area contributed by atoms with E-state index < -0.39 is 4.92 Å². The highest BCUT2D eigenvalue weighted by atomic mass is 32.1. The van der Waals surface area contributed by atoms with Gasteiger partial charge in [-0.25, -0.2) is 4.98 Å². The number of hydrogen-bond acceptors (Lipinski definition) is 7. The third-order valence-corrected chi connectivity index (χ3v) is 6.19. The smallest absolute Gasteiger partial charge is 0.279 e. The molecule has 8 heteroatoms. The first-order valence-corrected chi connectivity index (χ1v) is 9.92. The maximum atomic E-state index is 11.3. The molecular weight excluding hydrogens is 376 g/mol. The fourth-order valence-electron chi connectivity index (χ4n) is 3.78. The topological polar surface area (TPSA) is 91.0 Å². The zero-order valence-corrected chi connectivity index (χ0v) is 16.0. The summed E-state index contributed by atoms with van der Waals surface area (Å²) in [5.74, 6) is 1.60. The van der Waals surface area contributed by atoms with Crippen LogP contribution in [0.4, 0.5) is 5.69 Å². The SMILES string of the molecule is Cc1nc(Oc2ccc([N+](=O)[O-])c3cccnc23)c2c3c(sc2n1)CCCC3. The minimum absolute atomic E-state index is 0.00683. The molecule has 4 aromatic rings. The van der Waals surface area contributed by atoms with Crippen LogP contribution in [0, 0.1) is 17.0 Å². The first kappa shape index (κ1) is 17.0. The van der Waals surface area contributed by atoms with Gasteiger partial charge in [-0.05, 0) is 56.4 Å². The second kappa shape index (κ2) is 6.49. The predicted molar refractivity (Wildman–Crippen MR) is 107 cm³/mol. The fraction of sp³-hybridized carbons (Fsp3) is 0.250. The van der Waals surface area contributed by atoms with Crippen LogP contribution in [0.1, 0.15) is 29.1 Å². The first-order valence-electron chi connectivity index (χ1n) is 9.10. The summed E-state index contributed by atoms with van der Waals surface area (Å²) in [4.78, 5) is 26.7. The number of thiophene rings is 1.